The van der Waals surface area contributed by atoms with Crippen LogP contribution in [-0.2, 0) is 0 Å². The SMILES string of the molecule is C=C(C)C1CC(CCC)NCC1CCC. The molecule has 15 heavy (non-hydrogen) atoms. The lowest BCUT2D eigenvalue weighted by molar-refractivity contribution is 0.219. The topological polar surface area (TPSA) is 12.0 Å². The maximum Gasteiger partial charge on any atom is 0.00728 e. The third kappa shape index (κ3) is 3.64. The van der Waals surface area contributed by atoms with Crippen LogP contribution in [0.4, 0.5) is 0 Å². The zero-order valence-electron chi connectivity index (χ0n) is 10.7. The van der Waals surface area contributed by atoms with Crippen molar-refractivity contribution >= 4 is 0 Å². The van der Waals surface area contributed by atoms with Crippen molar-refractivity contribution in [3.05, 3.63) is 12.2 Å². The molecule has 88 valence electrons. The summed E-state index contributed by atoms with van der Waals surface area (Å²) in [6, 6.07) is 0.741. The molecule has 3 atom stereocenters. The number of allylic oxidation sites excluding steroid dienone is 1. The number of rotatable bonds is 5. The van der Waals surface area contributed by atoms with E-state index in [9.17, 15) is 0 Å². The van der Waals surface area contributed by atoms with Gasteiger partial charge in [-0.15, -0.1) is 0 Å². The monoisotopic (exact) mass is 209 g/mol. The lowest BCUT2D eigenvalue weighted by Gasteiger charge is -2.37. The van der Waals surface area contributed by atoms with Gasteiger partial charge >= 0.3 is 0 Å². The van der Waals surface area contributed by atoms with Gasteiger partial charge in [-0.1, -0.05) is 38.8 Å². The molecule has 0 aromatic heterocycles. The van der Waals surface area contributed by atoms with Crippen LogP contribution in [0.1, 0.15) is 52.9 Å². The van der Waals surface area contributed by atoms with Crippen molar-refractivity contribution in [3.8, 4) is 0 Å². The Hall–Kier alpha value is -0.300. The second-order valence-corrected chi connectivity index (χ2v) is 5.13. The zero-order chi connectivity index (χ0) is 11.3. The van der Waals surface area contributed by atoms with Gasteiger partial charge in [0.2, 0.25) is 0 Å². The summed E-state index contributed by atoms with van der Waals surface area (Å²) in [6.45, 7) is 12.2. The molecule has 1 heterocycles. The second-order valence-electron chi connectivity index (χ2n) is 5.13. The molecule has 3 unspecified atom stereocenters. The predicted molar refractivity (Wildman–Crippen MR) is 68.0 cm³/mol. The Morgan fingerprint density at radius 1 is 1.27 bits per heavy atom. The van der Waals surface area contributed by atoms with E-state index in [1.54, 1.807) is 0 Å². The Kier molecular flexibility index (Phi) is 5.38. The van der Waals surface area contributed by atoms with E-state index in [4.69, 9.17) is 0 Å². The van der Waals surface area contributed by atoms with Crippen LogP contribution >= 0.6 is 0 Å². The highest BCUT2D eigenvalue weighted by atomic mass is 14.9. The zero-order valence-corrected chi connectivity index (χ0v) is 10.7. The Morgan fingerprint density at radius 3 is 2.47 bits per heavy atom. The van der Waals surface area contributed by atoms with E-state index in [0.717, 1.165) is 17.9 Å². The standard InChI is InChI=1S/C14H27N/c1-5-7-12-10-15-13(8-6-2)9-14(12)11(3)4/h12-15H,3,5-10H2,1-2,4H3. The quantitative estimate of drug-likeness (QED) is 0.680. The first-order valence-electron chi connectivity index (χ1n) is 6.57. The number of piperidine rings is 1. The van der Waals surface area contributed by atoms with Gasteiger partial charge in [0, 0.05) is 6.04 Å². The van der Waals surface area contributed by atoms with Gasteiger partial charge in [0.05, 0.1) is 0 Å². The minimum absolute atomic E-state index is 0.741. The molecule has 0 saturated carbocycles. The van der Waals surface area contributed by atoms with Crippen LogP contribution in [0.25, 0.3) is 0 Å². The molecule has 1 fully saturated rings. The molecule has 1 aliphatic heterocycles. The summed E-state index contributed by atoms with van der Waals surface area (Å²) < 4.78 is 0. The van der Waals surface area contributed by atoms with E-state index < -0.39 is 0 Å². The van der Waals surface area contributed by atoms with Crippen LogP contribution in [0.5, 0.6) is 0 Å². The second kappa shape index (κ2) is 6.32. The predicted octanol–water partition coefficient (Wildman–Crippen LogP) is 3.76. The van der Waals surface area contributed by atoms with E-state index in [-0.39, 0.29) is 0 Å². The summed E-state index contributed by atoms with van der Waals surface area (Å²) >= 11 is 0. The Morgan fingerprint density at radius 2 is 1.93 bits per heavy atom. The number of hydrogen-bond acceptors (Lipinski definition) is 1. The molecular formula is C14H27N. The molecule has 0 radical (unpaired) electrons. The third-order valence-electron chi connectivity index (χ3n) is 3.71. The summed E-state index contributed by atoms with van der Waals surface area (Å²) in [6.07, 6.45) is 6.58. The summed E-state index contributed by atoms with van der Waals surface area (Å²) in [5.41, 5.74) is 1.40. The third-order valence-corrected chi connectivity index (χ3v) is 3.71. The number of hydrogen-bond donors (Lipinski definition) is 1. The van der Waals surface area contributed by atoms with Crippen LogP contribution in [0.15, 0.2) is 12.2 Å². The highest BCUT2D eigenvalue weighted by Crippen LogP contribution is 2.32. The van der Waals surface area contributed by atoms with Crippen molar-refractivity contribution in [2.24, 2.45) is 11.8 Å². The lowest BCUT2D eigenvalue weighted by Crippen LogP contribution is -2.44. The first kappa shape index (κ1) is 12.8. The molecule has 1 saturated heterocycles. The van der Waals surface area contributed by atoms with Crippen molar-refractivity contribution in [2.75, 3.05) is 6.54 Å². The van der Waals surface area contributed by atoms with Gasteiger partial charge in [0.15, 0.2) is 0 Å². The van der Waals surface area contributed by atoms with E-state index in [0.29, 0.717) is 0 Å². The van der Waals surface area contributed by atoms with Crippen molar-refractivity contribution in [3.63, 3.8) is 0 Å². The molecular weight excluding hydrogens is 182 g/mol. The molecule has 0 aromatic rings. The van der Waals surface area contributed by atoms with E-state index in [2.05, 4.69) is 32.7 Å². The smallest absolute Gasteiger partial charge is 0.00728 e. The van der Waals surface area contributed by atoms with Gasteiger partial charge < -0.3 is 5.32 Å². The van der Waals surface area contributed by atoms with E-state index in [1.165, 1.54) is 44.2 Å². The Labute approximate surface area is 95.3 Å². The highest BCUT2D eigenvalue weighted by Gasteiger charge is 2.29. The fraction of sp³-hybridized carbons (Fsp3) is 0.857. The minimum atomic E-state index is 0.741. The fourth-order valence-electron chi connectivity index (χ4n) is 2.89. The van der Waals surface area contributed by atoms with Crippen LogP contribution in [0.2, 0.25) is 0 Å². The molecule has 1 nitrogen and oxygen atoms in total. The van der Waals surface area contributed by atoms with Gasteiger partial charge in [-0.05, 0) is 44.6 Å². The van der Waals surface area contributed by atoms with Gasteiger partial charge in [0.25, 0.3) is 0 Å². The molecule has 1 rings (SSSR count). The van der Waals surface area contributed by atoms with Gasteiger partial charge in [-0.2, -0.15) is 0 Å². The maximum absolute atomic E-state index is 4.18. The van der Waals surface area contributed by atoms with Gasteiger partial charge in [-0.3, -0.25) is 0 Å². The molecule has 0 aliphatic carbocycles. The van der Waals surface area contributed by atoms with E-state index >= 15 is 0 Å². The number of nitrogens with one attached hydrogen (secondary N) is 1. The molecule has 0 bridgehead atoms. The molecule has 0 amide bonds. The summed E-state index contributed by atoms with van der Waals surface area (Å²) in [4.78, 5) is 0. The van der Waals surface area contributed by atoms with Crippen LogP contribution < -0.4 is 5.32 Å². The molecule has 0 spiro atoms. The fourth-order valence-corrected chi connectivity index (χ4v) is 2.89. The average molecular weight is 209 g/mol. The van der Waals surface area contributed by atoms with Crippen molar-refractivity contribution in [2.45, 2.75) is 58.9 Å². The van der Waals surface area contributed by atoms with Crippen LogP contribution in [0.3, 0.4) is 0 Å². The Bertz CT molecular complexity index is 198. The summed E-state index contributed by atoms with van der Waals surface area (Å²) in [5.74, 6) is 1.60. The first-order chi connectivity index (χ1) is 7.19. The minimum Gasteiger partial charge on any atom is -0.314 e. The average Bonchev–Trinajstić information content (AvgIpc) is 2.21. The van der Waals surface area contributed by atoms with Crippen molar-refractivity contribution in [1.29, 1.82) is 0 Å². The molecule has 0 aromatic carbocycles. The summed E-state index contributed by atoms with van der Waals surface area (Å²) in [5, 5.41) is 3.70. The largest absolute Gasteiger partial charge is 0.314 e. The maximum atomic E-state index is 4.18. The normalized spacial score (nSPS) is 31.5. The van der Waals surface area contributed by atoms with Gasteiger partial charge in [-0.25, -0.2) is 0 Å². The molecule has 1 N–H and O–H groups in total. The molecule has 1 heteroatoms. The van der Waals surface area contributed by atoms with E-state index in [1.807, 2.05) is 0 Å². The lowest BCUT2D eigenvalue weighted by atomic mass is 9.76. The van der Waals surface area contributed by atoms with Crippen molar-refractivity contribution < 1.29 is 0 Å². The van der Waals surface area contributed by atoms with Gasteiger partial charge in [0.1, 0.15) is 0 Å². The first-order valence-corrected chi connectivity index (χ1v) is 6.57. The van der Waals surface area contributed by atoms with Crippen LogP contribution in [-0.4, -0.2) is 12.6 Å². The Balaban J connectivity index is 2.52. The summed E-state index contributed by atoms with van der Waals surface area (Å²) in [7, 11) is 0. The van der Waals surface area contributed by atoms with Crippen LogP contribution in [0, 0.1) is 11.8 Å². The van der Waals surface area contributed by atoms with Crippen molar-refractivity contribution in [1.82, 2.24) is 5.32 Å². The molecule has 1 aliphatic rings. The highest BCUT2D eigenvalue weighted by molar-refractivity contribution is 5.03.